The monoisotopic (exact) mass is 288 g/mol. The summed E-state index contributed by atoms with van der Waals surface area (Å²) in [6.07, 6.45) is 4.56. The van der Waals surface area contributed by atoms with Crippen LogP contribution in [0.4, 0.5) is 4.79 Å². The van der Waals surface area contributed by atoms with Crippen molar-refractivity contribution in [2.75, 3.05) is 13.2 Å². The van der Waals surface area contributed by atoms with E-state index in [1.807, 2.05) is 29.0 Å². The largest absolute Gasteiger partial charge is 0.395 e. The number of rotatable bonds is 7. The molecule has 112 valence electrons. The fourth-order valence-electron chi connectivity index (χ4n) is 2.00. The first kappa shape index (κ1) is 15.1. The zero-order valence-electron chi connectivity index (χ0n) is 11.8. The number of urea groups is 1. The highest BCUT2D eigenvalue weighted by Gasteiger charge is 2.05. The lowest BCUT2D eigenvalue weighted by Gasteiger charge is -2.09. The molecule has 2 rings (SSSR count). The van der Waals surface area contributed by atoms with Gasteiger partial charge in [0.15, 0.2) is 0 Å². The number of amides is 2. The molecule has 3 N–H and O–H groups in total. The van der Waals surface area contributed by atoms with Gasteiger partial charge < -0.3 is 20.3 Å². The average Bonchev–Trinajstić information content (AvgIpc) is 2.97. The molecule has 1 aromatic carbocycles. The molecule has 0 saturated carbocycles. The van der Waals surface area contributed by atoms with Gasteiger partial charge in [0.25, 0.3) is 0 Å². The summed E-state index contributed by atoms with van der Waals surface area (Å²) in [6.45, 7) is 1.35. The Labute approximate surface area is 123 Å². The first-order valence-corrected chi connectivity index (χ1v) is 6.96. The summed E-state index contributed by atoms with van der Waals surface area (Å²) in [4.78, 5) is 15.7. The van der Waals surface area contributed by atoms with E-state index in [-0.39, 0.29) is 19.2 Å². The molecule has 2 aromatic rings. The average molecular weight is 288 g/mol. The molecule has 1 aromatic heterocycles. The molecule has 0 aliphatic rings. The van der Waals surface area contributed by atoms with Crippen LogP contribution >= 0.6 is 0 Å². The van der Waals surface area contributed by atoms with Crippen molar-refractivity contribution in [1.29, 1.82) is 0 Å². The summed E-state index contributed by atoms with van der Waals surface area (Å²) in [7, 11) is 0. The Morgan fingerprint density at radius 2 is 2.05 bits per heavy atom. The van der Waals surface area contributed by atoms with Crippen LogP contribution < -0.4 is 10.6 Å². The van der Waals surface area contributed by atoms with Crippen LogP contribution in [0, 0.1) is 0 Å². The summed E-state index contributed by atoms with van der Waals surface area (Å²) in [5.41, 5.74) is 1.27. The number of carbonyl (C=O) groups is 1. The van der Waals surface area contributed by atoms with E-state index in [0.717, 1.165) is 18.8 Å². The lowest BCUT2D eigenvalue weighted by Crippen LogP contribution is -2.37. The molecule has 0 bridgehead atoms. The SMILES string of the molecule is O=C(NCCO)NCc1nccn1CCc1ccccc1. The smallest absolute Gasteiger partial charge is 0.315 e. The third-order valence-electron chi connectivity index (χ3n) is 3.09. The normalized spacial score (nSPS) is 10.3. The highest BCUT2D eigenvalue weighted by molar-refractivity contribution is 5.73. The van der Waals surface area contributed by atoms with Crippen LogP contribution in [0.3, 0.4) is 0 Å². The van der Waals surface area contributed by atoms with Gasteiger partial charge in [-0.15, -0.1) is 0 Å². The summed E-state index contributed by atoms with van der Waals surface area (Å²) < 4.78 is 2.03. The summed E-state index contributed by atoms with van der Waals surface area (Å²) in [6, 6.07) is 9.94. The van der Waals surface area contributed by atoms with Crippen molar-refractivity contribution in [1.82, 2.24) is 20.2 Å². The van der Waals surface area contributed by atoms with Crippen molar-refractivity contribution < 1.29 is 9.90 Å². The Bertz CT molecular complexity index is 554. The molecule has 1 heterocycles. The maximum absolute atomic E-state index is 11.4. The minimum atomic E-state index is -0.304. The van der Waals surface area contributed by atoms with Crippen molar-refractivity contribution in [3.8, 4) is 0 Å². The molecule has 2 amide bonds. The van der Waals surface area contributed by atoms with Crippen LogP contribution in [0.5, 0.6) is 0 Å². The zero-order valence-corrected chi connectivity index (χ0v) is 11.8. The molecule has 0 spiro atoms. The fourth-order valence-corrected chi connectivity index (χ4v) is 2.00. The Hall–Kier alpha value is -2.34. The molecule has 0 unspecified atom stereocenters. The Kier molecular flexibility index (Phi) is 5.78. The van der Waals surface area contributed by atoms with Gasteiger partial charge in [0.1, 0.15) is 5.82 Å². The highest BCUT2D eigenvalue weighted by Crippen LogP contribution is 2.04. The van der Waals surface area contributed by atoms with E-state index in [4.69, 9.17) is 5.11 Å². The van der Waals surface area contributed by atoms with Gasteiger partial charge in [0.05, 0.1) is 13.2 Å². The fraction of sp³-hybridized carbons (Fsp3) is 0.333. The Morgan fingerprint density at radius 1 is 1.24 bits per heavy atom. The van der Waals surface area contributed by atoms with Crippen molar-refractivity contribution >= 4 is 6.03 Å². The molecule has 0 radical (unpaired) electrons. The van der Waals surface area contributed by atoms with Crippen LogP contribution in [0.1, 0.15) is 11.4 Å². The van der Waals surface area contributed by atoms with Crippen LogP contribution in [0.2, 0.25) is 0 Å². The molecule has 0 atom stereocenters. The number of carbonyl (C=O) groups excluding carboxylic acids is 1. The first-order valence-electron chi connectivity index (χ1n) is 6.96. The number of imidazole rings is 1. The van der Waals surface area contributed by atoms with E-state index < -0.39 is 0 Å². The third kappa shape index (κ3) is 4.92. The van der Waals surface area contributed by atoms with Gasteiger partial charge in [0, 0.05) is 25.5 Å². The quantitative estimate of drug-likeness (QED) is 0.709. The molecule has 0 fully saturated rings. The summed E-state index contributed by atoms with van der Waals surface area (Å²) in [5.74, 6) is 0.810. The zero-order chi connectivity index (χ0) is 14.9. The number of aryl methyl sites for hydroxylation is 2. The Morgan fingerprint density at radius 3 is 2.81 bits per heavy atom. The standard InChI is InChI=1S/C15H20N4O2/c20-11-8-17-15(21)18-12-14-16-7-10-19(14)9-6-13-4-2-1-3-5-13/h1-5,7,10,20H,6,8-9,11-12H2,(H2,17,18,21). The van der Waals surface area contributed by atoms with E-state index in [9.17, 15) is 4.79 Å². The minimum Gasteiger partial charge on any atom is -0.395 e. The number of nitrogens with zero attached hydrogens (tertiary/aromatic N) is 2. The number of hydrogen-bond donors (Lipinski definition) is 3. The number of aromatic nitrogens is 2. The van der Waals surface area contributed by atoms with E-state index in [1.165, 1.54) is 5.56 Å². The van der Waals surface area contributed by atoms with Gasteiger partial charge in [-0.3, -0.25) is 0 Å². The van der Waals surface area contributed by atoms with Gasteiger partial charge >= 0.3 is 6.03 Å². The highest BCUT2D eigenvalue weighted by atomic mass is 16.3. The lowest BCUT2D eigenvalue weighted by atomic mass is 10.1. The lowest BCUT2D eigenvalue weighted by molar-refractivity contribution is 0.233. The summed E-state index contributed by atoms with van der Waals surface area (Å²) >= 11 is 0. The van der Waals surface area contributed by atoms with E-state index in [1.54, 1.807) is 6.20 Å². The number of hydrogen-bond acceptors (Lipinski definition) is 3. The van der Waals surface area contributed by atoms with E-state index >= 15 is 0 Å². The van der Waals surface area contributed by atoms with Crippen molar-refractivity contribution in [2.24, 2.45) is 0 Å². The Balaban J connectivity index is 1.82. The number of benzene rings is 1. The van der Waals surface area contributed by atoms with E-state index in [0.29, 0.717) is 6.54 Å². The second-order valence-corrected chi connectivity index (χ2v) is 4.61. The number of aliphatic hydroxyl groups excluding tert-OH is 1. The maximum Gasteiger partial charge on any atom is 0.315 e. The van der Waals surface area contributed by atoms with Gasteiger partial charge in [-0.05, 0) is 12.0 Å². The second kappa shape index (κ2) is 8.06. The van der Waals surface area contributed by atoms with Crippen molar-refractivity contribution in [3.05, 3.63) is 54.1 Å². The van der Waals surface area contributed by atoms with Crippen LogP contribution in [0.25, 0.3) is 0 Å². The molecule has 0 saturated heterocycles. The molecule has 21 heavy (non-hydrogen) atoms. The topological polar surface area (TPSA) is 79.2 Å². The minimum absolute atomic E-state index is 0.0703. The van der Waals surface area contributed by atoms with Gasteiger partial charge in [-0.25, -0.2) is 9.78 Å². The third-order valence-corrected chi connectivity index (χ3v) is 3.09. The maximum atomic E-state index is 11.4. The molecule has 6 nitrogen and oxygen atoms in total. The van der Waals surface area contributed by atoms with Gasteiger partial charge in [0.2, 0.25) is 0 Å². The molecule has 0 aliphatic heterocycles. The predicted octanol–water partition coefficient (Wildman–Crippen LogP) is 0.917. The first-order chi connectivity index (χ1) is 10.3. The molecule has 6 heteroatoms. The van der Waals surface area contributed by atoms with Gasteiger partial charge in [-0.2, -0.15) is 0 Å². The predicted molar refractivity (Wildman–Crippen MR) is 79.7 cm³/mol. The number of aliphatic hydroxyl groups is 1. The molecule has 0 aliphatic carbocycles. The van der Waals surface area contributed by atoms with Crippen molar-refractivity contribution in [3.63, 3.8) is 0 Å². The van der Waals surface area contributed by atoms with Gasteiger partial charge in [-0.1, -0.05) is 30.3 Å². The van der Waals surface area contributed by atoms with Crippen LogP contribution in [-0.4, -0.2) is 33.8 Å². The van der Waals surface area contributed by atoms with Crippen molar-refractivity contribution in [2.45, 2.75) is 19.5 Å². The molecular weight excluding hydrogens is 268 g/mol. The van der Waals surface area contributed by atoms with E-state index in [2.05, 4.69) is 27.8 Å². The second-order valence-electron chi connectivity index (χ2n) is 4.61. The van der Waals surface area contributed by atoms with Crippen LogP contribution in [0.15, 0.2) is 42.7 Å². The molecular formula is C15H20N4O2. The van der Waals surface area contributed by atoms with Crippen LogP contribution in [-0.2, 0) is 19.5 Å². The number of nitrogens with one attached hydrogen (secondary N) is 2. The summed E-state index contributed by atoms with van der Waals surface area (Å²) in [5, 5.41) is 13.9.